The normalized spacial score (nSPS) is 17.6. The van der Waals surface area contributed by atoms with Gasteiger partial charge in [-0.05, 0) is 12.8 Å². The summed E-state index contributed by atoms with van der Waals surface area (Å²) in [6.45, 7) is 0.543. The first-order valence-corrected chi connectivity index (χ1v) is 6.71. The van der Waals surface area contributed by atoms with Crippen molar-refractivity contribution in [2.45, 2.75) is 18.9 Å². The average molecular weight is 306 g/mol. The number of hydrogen-bond acceptors (Lipinski definition) is 6. The number of ether oxygens (including phenoxy) is 2. The molecule has 0 aromatic rings. The number of fused-ring (bicyclic) bond motifs is 1. The lowest BCUT2D eigenvalue weighted by molar-refractivity contribution is -0.125. The van der Waals surface area contributed by atoms with E-state index in [2.05, 4.69) is 20.4 Å². The molecule has 9 nitrogen and oxygen atoms in total. The molecule has 1 fully saturated rings. The van der Waals surface area contributed by atoms with Gasteiger partial charge in [-0.3, -0.25) is 19.7 Å². The van der Waals surface area contributed by atoms with Gasteiger partial charge in [0.05, 0.1) is 12.7 Å². The lowest BCUT2D eigenvalue weighted by Crippen LogP contribution is -2.33. The fourth-order valence-corrected chi connectivity index (χ4v) is 2.34. The summed E-state index contributed by atoms with van der Waals surface area (Å²) in [7, 11) is 1.22. The Bertz CT molecular complexity index is 743. The molecule has 116 valence electrons. The van der Waals surface area contributed by atoms with Gasteiger partial charge in [-0.1, -0.05) is 0 Å². The Kier molecular flexibility index (Phi) is 3.63. The number of carbonyl (C=O) groups is 2. The molecule has 3 rings (SSSR count). The van der Waals surface area contributed by atoms with Gasteiger partial charge in [-0.15, -0.1) is 0 Å². The summed E-state index contributed by atoms with van der Waals surface area (Å²) in [6, 6.07) is 0. The van der Waals surface area contributed by atoms with Crippen LogP contribution in [0.4, 0.5) is 0 Å². The molecule has 0 aromatic heterocycles. The number of hydrogen-bond donors (Lipinski definition) is 2. The number of aromatic nitrogens is 3. The molecule has 0 bridgehead atoms. The van der Waals surface area contributed by atoms with Gasteiger partial charge in [0, 0.05) is 19.0 Å². The SMILES string of the molecule is COC(=O)c1cn(NC(=O)[C@H]2CCCO2)cc2c(=O)[nH]nc1-2. The highest BCUT2D eigenvalue weighted by Crippen LogP contribution is 2.20. The molecule has 0 saturated carbocycles. The highest BCUT2D eigenvalue weighted by molar-refractivity contribution is 5.96. The predicted octanol–water partition coefficient (Wildman–Crippen LogP) is -0.288. The van der Waals surface area contributed by atoms with Crippen LogP contribution >= 0.6 is 0 Å². The summed E-state index contributed by atoms with van der Waals surface area (Å²) in [6.07, 6.45) is 3.67. The average Bonchev–Trinajstić information content (AvgIpc) is 3.16. The molecule has 3 heterocycles. The Labute approximate surface area is 124 Å². The van der Waals surface area contributed by atoms with E-state index in [0.29, 0.717) is 13.0 Å². The zero-order valence-electron chi connectivity index (χ0n) is 11.8. The lowest BCUT2D eigenvalue weighted by Gasteiger charge is -2.15. The maximum absolute atomic E-state index is 12.1. The second kappa shape index (κ2) is 5.60. The zero-order valence-corrected chi connectivity index (χ0v) is 11.8. The molecule has 3 aliphatic rings. The molecule has 9 heteroatoms. The lowest BCUT2D eigenvalue weighted by atomic mass is 10.1. The minimum absolute atomic E-state index is 0.0750. The van der Waals surface area contributed by atoms with Gasteiger partial charge in [0.25, 0.3) is 11.5 Å². The maximum Gasteiger partial charge on any atom is 0.341 e. The van der Waals surface area contributed by atoms with Gasteiger partial charge < -0.3 is 9.47 Å². The summed E-state index contributed by atoms with van der Waals surface area (Å²) in [5.41, 5.74) is 2.56. The first-order chi connectivity index (χ1) is 10.6. The highest BCUT2D eigenvalue weighted by Gasteiger charge is 2.26. The molecular weight excluding hydrogens is 292 g/mol. The van der Waals surface area contributed by atoms with Crippen LogP contribution < -0.4 is 11.0 Å². The van der Waals surface area contributed by atoms with E-state index in [-0.39, 0.29) is 22.7 Å². The van der Waals surface area contributed by atoms with Crippen molar-refractivity contribution in [1.82, 2.24) is 14.9 Å². The van der Waals surface area contributed by atoms with E-state index in [9.17, 15) is 14.4 Å². The molecule has 1 saturated heterocycles. The van der Waals surface area contributed by atoms with Crippen LogP contribution in [0.25, 0.3) is 11.3 Å². The Balaban J connectivity index is 1.96. The molecule has 0 unspecified atom stereocenters. The number of nitrogens with one attached hydrogen (secondary N) is 2. The van der Waals surface area contributed by atoms with Crippen molar-refractivity contribution in [2.24, 2.45) is 0 Å². The van der Waals surface area contributed by atoms with Crippen molar-refractivity contribution in [1.29, 1.82) is 0 Å². The van der Waals surface area contributed by atoms with Gasteiger partial charge in [-0.25, -0.2) is 9.89 Å². The Hall–Kier alpha value is -2.68. The first kappa shape index (κ1) is 14.3. The van der Waals surface area contributed by atoms with Crippen LogP contribution in [0, 0.1) is 0 Å². The van der Waals surface area contributed by atoms with Crippen LogP contribution in [-0.2, 0) is 14.3 Å². The molecule has 0 radical (unpaired) electrons. The van der Waals surface area contributed by atoms with Crippen molar-refractivity contribution < 1.29 is 19.1 Å². The molecule has 0 spiro atoms. The number of methoxy groups -OCH3 is 1. The van der Waals surface area contributed by atoms with E-state index in [4.69, 9.17) is 4.74 Å². The first-order valence-electron chi connectivity index (χ1n) is 6.71. The summed E-state index contributed by atoms with van der Waals surface area (Å²) in [4.78, 5) is 35.6. The maximum atomic E-state index is 12.1. The van der Waals surface area contributed by atoms with E-state index in [0.717, 1.165) is 6.42 Å². The summed E-state index contributed by atoms with van der Waals surface area (Å²) >= 11 is 0. The largest absolute Gasteiger partial charge is 0.465 e. The van der Waals surface area contributed by atoms with Crippen LogP contribution in [0.2, 0.25) is 0 Å². The molecule has 0 aliphatic carbocycles. The van der Waals surface area contributed by atoms with Crippen LogP contribution in [0.1, 0.15) is 23.2 Å². The van der Waals surface area contributed by atoms with E-state index >= 15 is 0 Å². The zero-order chi connectivity index (χ0) is 15.7. The van der Waals surface area contributed by atoms with Gasteiger partial charge in [-0.2, -0.15) is 5.10 Å². The fourth-order valence-electron chi connectivity index (χ4n) is 2.34. The van der Waals surface area contributed by atoms with Crippen LogP contribution in [0.15, 0.2) is 17.2 Å². The number of nitrogens with zero attached hydrogens (tertiary/aromatic N) is 2. The smallest absolute Gasteiger partial charge is 0.341 e. The quantitative estimate of drug-likeness (QED) is 0.753. The molecule has 1 amide bonds. The van der Waals surface area contributed by atoms with E-state index in [1.54, 1.807) is 0 Å². The van der Waals surface area contributed by atoms with Gasteiger partial charge in [0.15, 0.2) is 0 Å². The molecule has 22 heavy (non-hydrogen) atoms. The molecule has 1 atom stereocenters. The fraction of sp³-hybridized carbons (Fsp3) is 0.385. The summed E-state index contributed by atoms with van der Waals surface area (Å²) < 4.78 is 11.2. The van der Waals surface area contributed by atoms with Gasteiger partial charge in [0.1, 0.15) is 17.4 Å². The highest BCUT2D eigenvalue weighted by atomic mass is 16.5. The number of H-pyrrole nitrogens is 1. The Morgan fingerprint density at radius 3 is 3.00 bits per heavy atom. The van der Waals surface area contributed by atoms with E-state index in [1.807, 2.05) is 0 Å². The third-order valence-electron chi connectivity index (χ3n) is 3.43. The van der Waals surface area contributed by atoms with Crippen LogP contribution in [-0.4, -0.2) is 46.6 Å². The second-order valence-electron chi connectivity index (χ2n) is 4.86. The third kappa shape index (κ3) is 2.46. The van der Waals surface area contributed by atoms with Gasteiger partial charge >= 0.3 is 5.97 Å². The topological polar surface area (TPSA) is 115 Å². The third-order valence-corrected chi connectivity index (χ3v) is 3.43. The molecule has 2 N–H and O–H groups in total. The van der Waals surface area contributed by atoms with E-state index < -0.39 is 17.6 Å². The predicted molar refractivity (Wildman–Crippen MR) is 74.2 cm³/mol. The van der Waals surface area contributed by atoms with Crippen molar-refractivity contribution in [3.05, 3.63) is 28.3 Å². The number of aromatic amines is 1. The summed E-state index contributed by atoms with van der Waals surface area (Å²) in [5, 5.41) is 6.06. The Morgan fingerprint density at radius 1 is 1.50 bits per heavy atom. The van der Waals surface area contributed by atoms with Crippen LogP contribution in [0.3, 0.4) is 0 Å². The van der Waals surface area contributed by atoms with Crippen molar-refractivity contribution in [3.63, 3.8) is 0 Å². The number of carbonyl (C=O) groups excluding carboxylic acids is 2. The van der Waals surface area contributed by atoms with Crippen molar-refractivity contribution in [2.75, 3.05) is 19.1 Å². The van der Waals surface area contributed by atoms with Gasteiger partial charge in [0.2, 0.25) is 0 Å². The number of esters is 1. The van der Waals surface area contributed by atoms with Crippen molar-refractivity contribution in [3.8, 4) is 11.3 Å². The monoisotopic (exact) mass is 306 g/mol. The number of pyridine rings is 1. The second-order valence-corrected chi connectivity index (χ2v) is 4.86. The minimum Gasteiger partial charge on any atom is -0.465 e. The van der Waals surface area contributed by atoms with E-state index in [1.165, 1.54) is 24.2 Å². The molecule has 0 aromatic carbocycles. The number of rotatable bonds is 3. The standard InChI is InChI=1S/C13H14N4O5/c1-21-13(20)8-6-17(5-7-10(8)14-15-11(7)18)16-12(19)9-3-2-4-22-9/h5-6,9H,2-4H2,1H3,(H,15,18)(H,16,19)/t9-/m1/s1. The summed E-state index contributed by atoms with van der Waals surface area (Å²) in [5.74, 6) is -0.995. The van der Waals surface area contributed by atoms with Crippen molar-refractivity contribution >= 4 is 11.9 Å². The van der Waals surface area contributed by atoms with Crippen LogP contribution in [0.5, 0.6) is 0 Å². The Morgan fingerprint density at radius 2 is 2.32 bits per heavy atom. The minimum atomic E-state index is -0.655. The number of amides is 1. The molecular formula is C13H14N4O5. The molecule has 3 aliphatic heterocycles.